The van der Waals surface area contributed by atoms with Crippen LogP contribution in [0.25, 0.3) is 5.03 Å². The number of hydrogen-bond donors (Lipinski definition) is 0. The number of nitrogens with zero attached hydrogens (tertiary/aromatic N) is 1. The second-order valence-electron chi connectivity index (χ2n) is 3.13. The molecule has 74 valence electrons. The first-order valence-corrected chi connectivity index (χ1v) is 5.39. The van der Waals surface area contributed by atoms with Crippen molar-refractivity contribution in [2.45, 2.75) is 0 Å². The zero-order chi connectivity index (χ0) is 10.6. The van der Waals surface area contributed by atoms with Crippen LogP contribution in [0.4, 0.5) is 0 Å². The highest BCUT2D eigenvalue weighted by Gasteiger charge is 1.97. The molecule has 1 rings (SSSR count). The third-order valence-electron chi connectivity index (χ3n) is 1.64. The fraction of sp³-hybridized carbons (Fsp3) is 0.182. The van der Waals surface area contributed by atoms with E-state index in [9.17, 15) is 0 Å². The van der Waals surface area contributed by atoms with Crippen LogP contribution in [0.15, 0.2) is 34.8 Å². The first-order valence-electron chi connectivity index (χ1n) is 4.22. The predicted octanol–water partition coefficient (Wildman–Crippen LogP) is 3.37. The smallest absolute Gasteiger partial charge is 0.164 e. The molecule has 14 heavy (non-hydrogen) atoms. The van der Waals surface area contributed by atoms with Gasteiger partial charge in [0.2, 0.25) is 0 Å². The Morgan fingerprint density at radius 1 is 1.29 bits per heavy atom. The molecule has 0 amide bonds. The van der Waals surface area contributed by atoms with Gasteiger partial charge in [0, 0.05) is 10.5 Å². The standard InChI is InChI=1S/C11H12BrClN/c1-14(2)8-7-11(13)9-3-5-10(12)6-4-9/h3-8H,1-2H3/q+1. The highest BCUT2D eigenvalue weighted by Crippen LogP contribution is 2.20. The van der Waals surface area contributed by atoms with Gasteiger partial charge in [0.05, 0.1) is 5.03 Å². The molecule has 0 saturated carbocycles. The average molecular weight is 274 g/mol. The SMILES string of the molecule is C[N+](C)=CC=C(Cl)c1ccc(Br)cc1. The van der Waals surface area contributed by atoms with Gasteiger partial charge in [0.25, 0.3) is 0 Å². The molecule has 0 atom stereocenters. The highest BCUT2D eigenvalue weighted by atomic mass is 79.9. The van der Waals surface area contributed by atoms with Crippen LogP contribution in [0.3, 0.4) is 0 Å². The van der Waals surface area contributed by atoms with Gasteiger partial charge in [0.15, 0.2) is 6.21 Å². The van der Waals surface area contributed by atoms with Crippen LogP contribution in [-0.4, -0.2) is 24.9 Å². The molecule has 0 aliphatic heterocycles. The number of benzene rings is 1. The van der Waals surface area contributed by atoms with Crippen molar-refractivity contribution < 1.29 is 4.58 Å². The maximum Gasteiger partial charge on any atom is 0.164 e. The number of hydrogen-bond acceptors (Lipinski definition) is 0. The summed E-state index contributed by atoms with van der Waals surface area (Å²) in [7, 11) is 3.92. The van der Waals surface area contributed by atoms with Gasteiger partial charge in [-0.25, -0.2) is 4.58 Å². The minimum Gasteiger partial charge on any atom is -0.241 e. The monoisotopic (exact) mass is 272 g/mol. The molecular weight excluding hydrogens is 261 g/mol. The highest BCUT2D eigenvalue weighted by molar-refractivity contribution is 9.10. The molecule has 0 bridgehead atoms. The van der Waals surface area contributed by atoms with E-state index in [1.807, 2.05) is 55.2 Å². The summed E-state index contributed by atoms with van der Waals surface area (Å²) in [6, 6.07) is 7.90. The number of allylic oxidation sites excluding steroid dienone is 1. The second kappa shape index (κ2) is 5.32. The van der Waals surface area contributed by atoms with E-state index in [2.05, 4.69) is 15.9 Å². The Labute approximate surface area is 97.8 Å². The van der Waals surface area contributed by atoms with Gasteiger partial charge in [-0.3, -0.25) is 0 Å². The largest absolute Gasteiger partial charge is 0.241 e. The first kappa shape index (κ1) is 11.5. The molecule has 0 unspecified atom stereocenters. The summed E-state index contributed by atoms with van der Waals surface area (Å²) in [5.41, 5.74) is 1.02. The third-order valence-corrected chi connectivity index (χ3v) is 2.51. The van der Waals surface area contributed by atoms with Crippen LogP contribution in [0.5, 0.6) is 0 Å². The van der Waals surface area contributed by atoms with Gasteiger partial charge >= 0.3 is 0 Å². The maximum atomic E-state index is 6.09. The summed E-state index contributed by atoms with van der Waals surface area (Å²) in [6.45, 7) is 0. The molecule has 1 aromatic rings. The molecule has 3 heteroatoms. The minimum atomic E-state index is 0.742. The fourth-order valence-corrected chi connectivity index (χ4v) is 1.37. The van der Waals surface area contributed by atoms with Crippen molar-refractivity contribution in [1.29, 1.82) is 0 Å². The Hall–Kier alpha value is -0.600. The van der Waals surface area contributed by atoms with E-state index in [1.54, 1.807) is 0 Å². The minimum absolute atomic E-state index is 0.742. The molecule has 0 aliphatic carbocycles. The van der Waals surface area contributed by atoms with Crippen molar-refractivity contribution in [2.75, 3.05) is 14.1 Å². The van der Waals surface area contributed by atoms with Crippen molar-refractivity contribution in [3.8, 4) is 0 Å². The number of halogens is 2. The molecule has 0 saturated heterocycles. The molecule has 1 nitrogen and oxygen atoms in total. The van der Waals surface area contributed by atoms with E-state index in [0.717, 1.165) is 15.1 Å². The lowest BCUT2D eigenvalue weighted by molar-refractivity contribution is -0.458. The second-order valence-corrected chi connectivity index (χ2v) is 4.46. The quantitative estimate of drug-likeness (QED) is 0.574. The topological polar surface area (TPSA) is 3.01 Å². The summed E-state index contributed by atoms with van der Waals surface area (Å²) >= 11 is 9.47. The third kappa shape index (κ3) is 3.64. The van der Waals surface area contributed by atoms with Crippen molar-refractivity contribution >= 4 is 38.8 Å². The number of rotatable bonds is 2. The van der Waals surface area contributed by atoms with Crippen LogP contribution in [-0.2, 0) is 0 Å². The normalized spacial score (nSPS) is 11.3. The lowest BCUT2D eigenvalue weighted by Crippen LogP contribution is -1.95. The van der Waals surface area contributed by atoms with Crippen molar-refractivity contribution in [1.82, 2.24) is 0 Å². The van der Waals surface area contributed by atoms with Gasteiger partial charge in [0.1, 0.15) is 14.1 Å². The van der Waals surface area contributed by atoms with E-state index in [-0.39, 0.29) is 0 Å². The van der Waals surface area contributed by atoms with Crippen LogP contribution >= 0.6 is 27.5 Å². The van der Waals surface area contributed by atoms with Crippen LogP contribution in [0.1, 0.15) is 5.56 Å². The summed E-state index contributed by atoms with van der Waals surface area (Å²) in [4.78, 5) is 0. The predicted molar refractivity (Wildman–Crippen MR) is 66.1 cm³/mol. The summed E-state index contributed by atoms with van der Waals surface area (Å²) in [5, 5.41) is 0.742. The summed E-state index contributed by atoms with van der Waals surface area (Å²) in [6.07, 6.45) is 3.80. The zero-order valence-corrected chi connectivity index (χ0v) is 10.5. The fourth-order valence-electron chi connectivity index (χ4n) is 0.920. The molecule has 0 heterocycles. The van der Waals surface area contributed by atoms with Crippen molar-refractivity contribution in [3.05, 3.63) is 40.4 Å². The van der Waals surface area contributed by atoms with Crippen LogP contribution in [0, 0.1) is 0 Å². The molecule has 0 N–H and O–H groups in total. The molecule has 0 radical (unpaired) electrons. The zero-order valence-electron chi connectivity index (χ0n) is 8.17. The Kier molecular flexibility index (Phi) is 4.36. The van der Waals surface area contributed by atoms with Crippen molar-refractivity contribution in [3.63, 3.8) is 0 Å². The van der Waals surface area contributed by atoms with Crippen LogP contribution in [0.2, 0.25) is 0 Å². The Morgan fingerprint density at radius 3 is 2.36 bits per heavy atom. The molecule has 0 aromatic heterocycles. The van der Waals surface area contributed by atoms with Gasteiger partial charge in [-0.1, -0.05) is 39.7 Å². The van der Waals surface area contributed by atoms with Gasteiger partial charge in [-0.05, 0) is 17.7 Å². The van der Waals surface area contributed by atoms with E-state index < -0.39 is 0 Å². The molecule has 0 fully saturated rings. The average Bonchev–Trinajstić information content (AvgIpc) is 2.15. The van der Waals surface area contributed by atoms with E-state index >= 15 is 0 Å². The van der Waals surface area contributed by atoms with E-state index in [1.165, 1.54) is 0 Å². The van der Waals surface area contributed by atoms with E-state index in [0.29, 0.717) is 0 Å². The van der Waals surface area contributed by atoms with Gasteiger partial charge < -0.3 is 0 Å². The van der Waals surface area contributed by atoms with E-state index in [4.69, 9.17) is 11.6 Å². The first-order chi connectivity index (χ1) is 6.59. The lowest BCUT2D eigenvalue weighted by atomic mass is 10.2. The van der Waals surface area contributed by atoms with Crippen LogP contribution < -0.4 is 0 Å². The molecule has 0 aliphatic rings. The maximum absolute atomic E-state index is 6.09. The Bertz CT molecular complexity index is 361. The Morgan fingerprint density at radius 2 is 1.86 bits per heavy atom. The van der Waals surface area contributed by atoms with Crippen molar-refractivity contribution in [2.24, 2.45) is 0 Å². The molecular formula is C11H12BrClN+. The van der Waals surface area contributed by atoms with Gasteiger partial charge in [-0.2, -0.15) is 0 Å². The summed E-state index contributed by atoms with van der Waals surface area (Å²) in [5.74, 6) is 0. The molecule has 0 spiro atoms. The Balaban J connectivity index is 2.89. The lowest BCUT2D eigenvalue weighted by Gasteiger charge is -1.97. The molecule has 1 aromatic carbocycles. The van der Waals surface area contributed by atoms with Gasteiger partial charge in [-0.15, -0.1) is 0 Å². The summed E-state index contributed by atoms with van der Waals surface area (Å²) < 4.78 is 3.00.